The molecule has 0 fully saturated rings. The smallest absolute Gasteiger partial charge is 0.0746 e. The number of pyridine rings is 1. The van der Waals surface area contributed by atoms with E-state index in [9.17, 15) is 0 Å². The second-order valence-electron chi connectivity index (χ2n) is 5.40. The number of benzene rings is 2. The highest BCUT2D eigenvalue weighted by Gasteiger charge is 2.01. The third kappa shape index (κ3) is 3.93. The van der Waals surface area contributed by atoms with Crippen LogP contribution in [0.4, 0.5) is 0 Å². The van der Waals surface area contributed by atoms with Gasteiger partial charge in [-0.05, 0) is 48.7 Å². The molecule has 1 heterocycles. The molecular weight excluding hydrogens is 336 g/mol. The van der Waals surface area contributed by atoms with Gasteiger partial charge in [-0.25, -0.2) is 0 Å². The molecule has 0 atom stereocenters. The van der Waals surface area contributed by atoms with E-state index in [4.69, 9.17) is 0 Å². The minimum atomic E-state index is 0.868. The number of hydrogen-bond donors (Lipinski definition) is 1. The molecule has 3 rings (SSSR count). The van der Waals surface area contributed by atoms with Crippen LogP contribution in [0, 0.1) is 0 Å². The number of nitrogens with zero attached hydrogens (tertiary/aromatic N) is 1. The fourth-order valence-electron chi connectivity index (χ4n) is 2.64. The fraction of sp³-hybridized carbons (Fsp3) is 0.211. The van der Waals surface area contributed by atoms with Crippen LogP contribution in [0.1, 0.15) is 17.5 Å². The molecule has 2 aromatic carbocycles. The molecule has 0 radical (unpaired) electrons. The number of para-hydroxylation sites is 1. The standard InChI is InChI=1S/C19H19BrN2/c20-18-10-1-5-15(13-18)6-3-11-21-14-17-8-2-7-16-9-4-12-22-19(16)17/h1-2,4-5,7-10,12-13,21H,3,6,11,14H2. The predicted molar refractivity (Wildman–Crippen MR) is 95.9 cm³/mol. The summed E-state index contributed by atoms with van der Waals surface area (Å²) < 4.78 is 1.15. The summed E-state index contributed by atoms with van der Waals surface area (Å²) in [5.41, 5.74) is 3.74. The van der Waals surface area contributed by atoms with Gasteiger partial charge in [-0.15, -0.1) is 0 Å². The highest BCUT2D eigenvalue weighted by molar-refractivity contribution is 9.10. The summed E-state index contributed by atoms with van der Waals surface area (Å²) in [5, 5.41) is 4.73. The van der Waals surface area contributed by atoms with Gasteiger partial charge >= 0.3 is 0 Å². The Labute approximate surface area is 139 Å². The second-order valence-corrected chi connectivity index (χ2v) is 6.32. The number of nitrogens with one attached hydrogen (secondary N) is 1. The fourth-order valence-corrected chi connectivity index (χ4v) is 3.09. The Morgan fingerprint density at radius 1 is 1.00 bits per heavy atom. The first-order chi connectivity index (χ1) is 10.8. The summed E-state index contributed by atoms with van der Waals surface area (Å²) in [7, 11) is 0. The monoisotopic (exact) mass is 354 g/mol. The van der Waals surface area contributed by atoms with Crippen LogP contribution in [0.25, 0.3) is 10.9 Å². The Morgan fingerprint density at radius 3 is 2.77 bits per heavy atom. The van der Waals surface area contributed by atoms with Gasteiger partial charge in [0.25, 0.3) is 0 Å². The first kappa shape index (κ1) is 15.2. The van der Waals surface area contributed by atoms with Crippen molar-refractivity contribution in [1.82, 2.24) is 10.3 Å². The summed E-state index contributed by atoms with van der Waals surface area (Å²) in [5.74, 6) is 0. The molecule has 0 aliphatic carbocycles. The van der Waals surface area contributed by atoms with Crippen molar-refractivity contribution in [2.75, 3.05) is 6.54 Å². The predicted octanol–water partition coefficient (Wildman–Crippen LogP) is 4.72. The Kier molecular flexibility index (Phi) is 5.20. The molecule has 3 aromatic rings. The number of aryl methyl sites for hydroxylation is 1. The van der Waals surface area contributed by atoms with Gasteiger partial charge < -0.3 is 5.32 Å². The zero-order valence-electron chi connectivity index (χ0n) is 12.4. The Hall–Kier alpha value is -1.71. The van der Waals surface area contributed by atoms with Crippen LogP contribution < -0.4 is 5.32 Å². The van der Waals surface area contributed by atoms with Crippen molar-refractivity contribution in [1.29, 1.82) is 0 Å². The zero-order valence-corrected chi connectivity index (χ0v) is 14.0. The topological polar surface area (TPSA) is 24.9 Å². The normalized spacial score (nSPS) is 11.0. The van der Waals surface area contributed by atoms with Gasteiger partial charge in [-0.3, -0.25) is 4.98 Å². The van der Waals surface area contributed by atoms with Crippen LogP contribution in [0.5, 0.6) is 0 Å². The summed E-state index contributed by atoms with van der Waals surface area (Å²) >= 11 is 3.52. The van der Waals surface area contributed by atoms with E-state index < -0.39 is 0 Å². The maximum atomic E-state index is 4.49. The van der Waals surface area contributed by atoms with Crippen LogP contribution in [-0.4, -0.2) is 11.5 Å². The van der Waals surface area contributed by atoms with Gasteiger partial charge in [-0.1, -0.05) is 52.3 Å². The average molecular weight is 355 g/mol. The summed E-state index contributed by atoms with van der Waals surface area (Å²) in [6.07, 6.45) is 4.09. The molecule has 0 bridgehead atoms. The molecule has 112 valence electrons. The molecule has 0 amide bonds. The lowest BCUT2D eigenvalue weighted by Gasteiger charge is -2.08. The molecule has 0 aliphatic heterocycles. The first-order valence-electron chi connectivity index (χ1n) is 7.61. The summed E-state index contributed by atoms with van der Waals surface area (Å²) in [6, 6.07) is 19.0. The Balaban J connectivity index is 1.50. The molecule has 0 saturated heterocycles. The van der Waals surface area contributed by atoms with Crippen LogP contribution in [0.2, 0.25) is 0 Å². The van der Waals surface area contributed by atoms with Crippen molar-refractivity contribution >= 4 is 26.8 Å². The van der Waals surface area contributed by atoms with Crippen molar-refractivity contribution in [3.63, 3.8) is 0 Å². The maximum Gasteiger partial charge on any atom is 0.0746 e. The number of rotatable bonds is 6. The quantitative estimate of drug-likeness (QED) is 0.647. The van der Waals surface area contributed by atoms with Crippen molar-refractivity contribution < 1.29 is 0 Å². The minimum absolute atomic E-state index is 0.868. The van der Waals surface area contributed by atoms with Crippen LogP contribution in [0.15, 0.2) is 65.3 Å². The molecule has 1 N–H and O–H groups in total. The maximum absolute atomic E-state index is 4.49. The summed E-state index contributed by atoms with van der Waals surface area (Å²) in [4.78, 5) is 4.49. The van der Waals surface area contributed by atoms with Crippen molar-refractivity contribution in [3.8, 4) is 0 Å². The van der Waals surface area contributed by atoms with Crippen molar-refractivity contribution in [3.05, 3.63) is 76.4 Å². The number of halogens is 1. The zero-order chi connectivity index (χ0) is 15.2. The summed E-state index contributed by atoms with van der Waals surface area (Å²) in [6.45, 7) is 1.88. The molecule has 22 heavy (non-hydrogen) atoms. The first-order valence-corrected chi connectivity index (χ1v) is 8.40. The minimum Gasteiger partial charge on any atom is -0.313 e. The van der Waals surface area contributed by atoms with E-state index >= 15 is 0 Å². The van der Waals surface area contributed by atoms with Crippen molar-refractivity contribution in [2.24, 2.45) is 0 Å². The van der Waals surface area contributed by atoms with E-state index in [1.54, 1.807) is 0 Å². The lowest BCUT2D eigenvalue weighted by atomic mass is 10.1. The molecule has 0 unspecified atom stereocenters. The molecule has 2 nitrogen and oxygen atoms in total. The highest BCUT2D eigenvalue weighted by Crippen LogP contribution is 2.16. The van der Waals surface area contributed by atoms with Crippen LogP contribution in [-0.2, 0) is 13.0 Å². The van der Waals surface area contributed by atoms with E-state index in [0.717, 1.165) is 35.9 Å². The van der Waals surface area contributed by atoms with Gasteiger partial charge in [0.15, 0.2) is 0 Å². The van der Waals surface area contributed by atoms with Crippen LogP contribution >= 0.6 is 15.9 Å². The van der Waals surface area contributed by atoms with E-state index in [0.29, 0.717) is 0 Å². The van der Waals surface area contributed by atoms with Gasteiger partial charge in [0, 0.05) is 22.6 Å². The molecular formula is C19H19BrN2. The SMILES string of the molecule is Brc1cccc(CCCNCc2cccc3cccnc23)c1. The number of hydrogen-bond acceptors (Lipinski definition) is 2. The Morgan fingerprint density at radius 2 is 1.86 bits per heavy atom. The van der Waals surface area contributed by atoms with E-state index in [-0.39, 0.29) is 0 Å². The van der Waals surface area contributed by atoms with Crippen molar-refractivity contribution in [2.45, 2.75) is 19.4 Å². The highest BCUT2D eigenvalue weighted by atomic mass is 79.9. The van der Waals surface area contributed by atoms with Gasteiger partial charge in [0.2, 0.25) is 0 Å². The molecule has 0 aliphatic rings. The second kappa shape index (κ2) is 7.52. The lowest BCUT2D eigenvalue weighted by Crippen LogP contribution is -2.15. The molecule has 0 saturated carbocycles. The van der Waals surface area contributed by atoms with Gasteiger partial charge in [-0.2, -0.15) is 0 Å². The Bertz CT molecular complexity index is 750. The number of aromatic nitrogens is 1. The third-order valence-electron chi connectivity index (χ3n) is 3.74. The van der Waals surface area contributed by atoms with E-state index in [1.807, 2.05) is 12.3 Å². The molecule has 3 heteroatoms. The average Bonchev–Trinajstić information content (AvgIpc) is 2.55. The van der Waals surface area contributed by atoms with Crippen LogP contribution in [0.3, 0.4) is 0 Å². The number of fused-ring (bicyclic) bond motifs is 1. The van der Waals surface area contributed by atoms with E-state index in [2.05, 4.69) is 74.8 Å². The van der Waals surface area contributed by atoms with E-state index in [1.165, 1.54) is 16.5 Å². The van der Waals surface area contributed by atoms with Gasteiger partial charge in [0.1, 0.15) is 0 Å². The third-order valence-corrected chi connectivity index (χ3v) is 4.23. The van der Waals surface area contributed by atoms with Gasteiger partial charge in [0.05, 0.1) is 5.52 Å². The largest absolute Gasteiger partial charge is 0.313 e. The molecule has 1 aromatic heterocycles. The lowest BCUT2D eigenvalue weighted by molar-refractivity contribution is 0.651. The molecule has 0 spiro atoms.